The van der Waals surface area contributed by atoms with E-state index in [2.05, 4.69) is 22.0 Å². The third-order valence-corrected chi connectivity index (χ3v) is 8.12. The number of nitrogens with two attached hydrogens (primary N) is 1. The molecule has 1 aromatic rings. The number of hydrogen-bond donors (Lipinski definition) is 3. The van der Waals surface area contributed by atoms with Gasteiger partial charge in [-0.2, -0.15) is 5.26 Å². The summed E-state index contributed by atoms with van der Waals surface area (Å²) in [5.41, 5.74) is 4.58. The van der Waals surface area contributed by atoms with E-state index in [0.29, 0.717) is 0 Å². The predicted molar refractivity (Wildman–Crippen MR) is 126 cm³/mol. The number of allylic oxidation sites excluding steroid dienone is 1. The summed E-state index contributed by atoms with van der Waals surface area (Å²) in [5, 5.41) is 27.8. The van der Waals surface area contributed by atoms with Gasteiger partial charge in [0, 0.05) is 29.5 Å². The second kappa shape index (κ2) is 10.7. The largest absolute Gasteiger partial charge is 0.481 e. The highest BCUT2D eigenvalue weighted by Crippen LogP contribution is 2.43. The summed E-state index contributed by atoms with van der Waals surface area (Å²) in [7, 11) is 0. The van der Waals surface area contributed by atoms with Crippen LogP contribution < -0.4 is 11.1 Å². The van der Waals surface area contributed by atoms with Crippen molar-refractivity contribution < 1.29 is 24.3 Å². The Balaban J connectivity index is 1.69. The molecule has 2 amide bonds. The van der Waals surface area contributed by atoms with Gasteiger partial charge in [-0.1, -0.05) is 17.8 Å². The van der Waals surface area contributed by atoms with E-state index >= 15 is 0 Å². The number of anilines is 1. The number of nitrogen functional groups attached to an aromatic ring is 1. The van der Waals surface area contributed by atoms with Crippen molar-refractivity contribution in [3.63, 3.8) is 0 Å². The number of carboxylic acids is 1. The number of hydrogen-bond acceptors (Lipinski definition) is 11. The number of nitrogens with one attached hydrogen (secondary N) is 1. The van der Waals surface area contributed by atoms with Crippen LogP contribution in [0.2, 0.25) is 0 Å². The summed E-state index contributed by atoms with van der Waals surface area (Å²) in [4.78, 5) is 48.2. The van der Waals surface area contributed by atoms with Crippen LogP contribution in [0, 0.1) is 16.7 Å². The van der Waals surface area contributed by atoms with Crippen molar-refractivity contribution in [2.75, 3.05) is 30.4 Å². The highest BCUT2D eigenvalue weighted by Gasteiger charge is 2.57. The van der Waals surface area contributed by atoms with Gasteiger partial charge in [-0.05, 0) is 5.41 Å². The maximum Gasteiger partial charge on any atom is 0.313 e. The second-order valence-electron chi connectivity index (χ2n) is 7.04. The monoisotopic (exact) mass is 508 g/mol. The number of carbonyl (C=O) groups is 3. The van der Waals surface area contributed by atoms with Crippen molar-refractivity contribution in [1.82, 2.24) is 15.2 Å². The molecule has 33 heavy (non-hydrogen) atoms. The fourth-order valence-corrected chi connectivity index (χ4v) is 6.27. The number of aliphatic carboxylic acids is 1. The number of fused-ring (bicyclic) bond motifs is 1. The minimum Gasteiger partial charge on any atom is -0.481 e. The third kappa shape index (κ3) is 5.32. The number of thioether (sulfide) groups is 2. The number of carboxylic acid groups (broad SMARTS) is 1. The Kier molecular flexibility index (Phi) is 8.01. The maximum absolute atomic E-state index is 12.9. The number of nitriles is 1. The minimum atomic E-state index is -1.15. The molecule has 0 spiro atoms. The molecule has 2 aliphatic heterocycles. The van der Waals surface area contributed by atoms with E-state index in [4.69, 9.17) is 15.8 Å². The van der Waals surface area contributed by atoms with Crippen molar-refractivity contribution >= 4 is 63.5 Å². The molecule has 174 valence electrons. The molecule has 1 aromatic heterocycles. The second-order valence-corrected chi connectivity index (χ2v) is 9.93. The van der Waals surface area contributed by atoms with Gasteiger partial charge in [-0.3, -0.25) is 14.4 Å². The summed E-state index contributed by atoms with van der Waals surface area (Å²) >= 11 is 3.62. The van der Waals surface area contributed by atoms with Crippen LogP contribution in [0.1, 0.15) is 5.69 Å². The SMILES string of the molecule is C=CCON=C(C(=O)NC1C(=O)N2CC(CSC=CC#N)(C(=O)O)CS[C@H]12)c1csc(N)n1. The van der Waals surface area contributed by atoms with E-state index in [1.54, 1.807) is 5.38 Å². The van der Waals surface area contributed by atoms with Crippen LogP contribution in [0.3, 0.4) is 0 Å². The fourth-order valence-electron chi connectivity index (χ4n) is 3.16. The number of oxime groups is 1. The minimum absolute atomic E-state index is 0.0185. The third-order valence-electron chi connectivity index (χ3n) is 4.81. The summed E-state index contributed by atoms with van der Waals surface area (Å²) in [6.45, 7) is 3.61. The topological polar surface area (TPSA) is 171 Å². The molecule has 0 aromatic carbocycles. The van der Waals surface area contributed by atoms with Gasteiger partial charge in [0.15, 0.2) is 10.8 Å². The lowest BCUT2D eigenvalue weighted by Gasteiger charge is -2.53. The number of carbonyl (C=O) groups excluding carboxylic acids is 2. The van der Waals surface area contributed by atoms with Crippen LogP contribution in [0.25, 0.3) is 0 Å². The first-order chi connectivity index (χ1) is 15.8. The highest BCUT2D eigenvalue weighted by atomic mass is 32.2. The van der Waals surface area contributed by atoms with E-state index in [9.17, 15) is 19.5 Å². The molecule has 3 rings (SSSR count). The van der Waals surface area contributed by atoms with E-state index in [0.717, 1.165) is 11.3 Å². The Labute approximate surface area is 201 Å². The van der Waals surface area contributed by atoms with Crippen LogP contribution in [-0.2, 0) is 19.2 Å². The Morgan fingerprint density at radius 3 is 3.03 bits per heavy atom. The van der Waals surface area contributed by atoms with E-state index in [-0.39, 0.29) is 47.1 Å². The Hall–Kier alpha value is -3.02. The van der Waals surface area contributed by atoms with E-state index in [1.807, 2.05) is 6.07 Å². The smallest absolute Gasteiger partial charge is 0.313 e. The molecular formula is C19H20N6O5S3. The molecule has 0 saturated carbocycles. The van der Waals surface area contributed by atoms with Crippen molar-refractivity contribution in [3.8, 4) is 6.07 Å². The molecule has 0 aliphatic carbocycles. The quantitative estimate of drug-likeness (QED) is 0.103. The first kappa shape index (κ1) is 24.6. The fraction of sp³-hybridized carbons (Fsp3) is 0.368. The average Bonchev–Trinajstić information content (AvgIpc) is 3.23. The molecule has 11 nitrogen and oxygen atoms in total. The molecule has 3 heterocycles. The molecule has 2 fully saturated rings. The van der Waals surface area contributed by atoms with Gasteiger partial charge >= 0.3 is 5.97 Å². The first-order valence-electron chi connectivity index (χ1n) is 9.48. The molecule has 0 bridgehead atoms. The summed E-state index contributed by atoms with van der Waals surface area (Å²) in [5.74, 6) is -1.59. The van der Waals surface area contributed by atoms with Gasteiger partial charge in [0.05, 0.1) is 6.07 Å². The summed E-state index contributed by atoms with van der Waals surface area (Å²) in [6, 6.07) is 1.02. The lowest BCUT2D eigenvalue weighted by Crippen LogP contribution is -2.74. The van der Waals surface area contributed by atoms with Crippen LogP contribution in [0.15, 0.2) is 34.7 Å². The van der Waals surface area contributed by atoms with Gasteiger partial charge in [0.2, 0.25) is 5.91 Å². The molecular weight excluding hydrogens is 488 g/mol. The zero-order valence-electron chi connectivity index (χ0n) is 17.2. The van der Waals surface area contributed by atoms with Crippen LogP contribution in [-0.4, -0.2) is 74.6 Å². The zero-order chi connectivity index (χ0) is 24.0. The van der Waals surface area contributed by atoms with E-state index in [1.165, 1.54) is 46.0 Å². The Bertz CT molecular complexity index is 1050. The van der Waals surface area contributed by atoms with Crippen molar-refractivity contribution in [1.29, 1.82) is 5.26 Å². The Morgan fingerprint density at radius 1 is 1.61 bits per heavy atom. The summed E-state index contributed by atoms with van der Waals surface area (Å²) in [6.07, 6.45) is 2.73. The molecule has 2 saturated heterocycles. The van der Waals surface area contributed by atoms with Gasteiger partial charge < -0.3 is 25.9 Å². The molecule has 14 heteroatoms. The highest BCUT2D eigenvalue weighted by molar-refractivity contribution is 8.02. The molecule has 0 radical (unpaired) electrons. The van der Waals surface area contributed by atoms with Crippen molar-refractivity contribution in [2.24, 2.45) is 10.6 Å². The number of aromatic nitrogens is 1. The number of rotatable bonds is 10. The van der Waals surface area contributed by atoms with Gasteiger partial charge in [0.1, 0.15) is 29.1 Å². The maximum atomic E-state index is 12.9. The molecule has 2 aliphatic rings. The average molecular weight is 509 g/mol. The van der Waals surface area contributed by atoms with Crippen molar-refractivity contribution in [3.05, 3.63) is 35.2 Å². The standard InChI is InChI=1S/C19H20N6O5S3/c1-2-5-30-24-12(11-7-32-18(21)22-11)14(26)23-13-15(27)25-8-19(17(28)29,10-33-16(13)25)9-31-6-3-4-20/h2-3,6-7,13,16H,1,5,8-10H2,(H2,21,22)(H,23,26)(H,28,29)/t13?,16-,19?/m1/s1. The molecule has 2 unspecified atom stereocenters. The summed E-state index contributed by atoms with van der Waals surface area (Å²) < 4.78 is 0. The molecule has 4 N–H and O–H groups in total. The molecule has 3 atom stereocenters. The lowest BCUT2D eigenvalue weighted by atomic mass is 9.89. The van der Waals surface area contributed by atoms with Crippen LogP contribution >= 0.6 is 34.9 Å². The van der Waals surface area contributed by atoms with Gasteiger partial charge in [-0.25, -0.2) is 4.98 Å². The van der Waals surface area contributed by atoms with Gasteiger partial charge in [0.25, 0.3) is 5.91 Å². The Morgan fingerprint density at radius 2 is 2.39 bits per heavy atom. The number of nitrogens with zero attached hydrogens (tertiary/aromatic N) is 4. The van der Waals surface area contributed by atoms with Crippen molar-refractivity contribution in [2.45, 2.75) is 11.4 Å². The normalized spacial score (nSPS) is 24.5. The van der Waals surface area contributed by atoms with Crippen LogP contribution in [0.5, 0.6) is 0 Å². The van der Waals surface area contributed by atoms with Gasteiger partial charge in [-0.15, -0.1) is 34.9 Å². The number of amides is 2. The zero-order valence-corrected chi connectivity index (χ0v) is 19.6. The number of thiazole rings is 1. The lowest BCUT2D eigenvalue weighted by molar-refractivity contribution is -0.157. The first-order valence-corrected chi connectivity index (χ1v) is 12.5. The predicted octanol–water partition coefficient (Wildman–Crippen LogP) is 0.873. The number of β-lactam (4-membered cyclic amide) rings is 1. The van der Waals surface area contributed by atoms with Crippen LogP contribution in [0.4, 0.5) is 5.13 Å². The van der Waals surface area contributed by atoms with E-state index < -0.39 is 28.7 Å².